The second-order valence-electron chi connectivity index (χ2n) is 6.98. The topological polar surface area (TPSA) is 113 Å². The molecule has 32 heavy (non-hydrogen) atoms. The lowest BCUT2D eigenvalue weighted by Crippen LogP contribution is -2.21. The van der Waals surface area contributed by atoms with E-state index < -0.39 is 11.6 Å². The largest absolute Gasteiger partial charge is 0.492 e. The number of hydrogen-bond acceptors (Lipinski definition) is 10. The minimum atomic E-state index is -0.403. The summed E-state index contributed by atoms with van der Waals surface area (Å²) in [4.78, 5) is 58.5. The Hall–Kier alpha value is -3.24. The molecule has 2 aliphatic carbocycles. The van der Waals surface area contributed by atoms with Crippen molar-refractivity contribution in [2.75, 3.05) is 14.2 Å². The van der Waals surface area contributed by atoms with Crippen LogP contribution in [0.25, 0.3) is 0 Å². The van der Waals surface area contributed by atoms with Gasteiger partial charge in [-0.3, -0.25) is 19.2 Å². The summed E-state index contributed by atoms with van der Waals surface area (Å²) in [5.74, 6) is -1.59. The van der Waals surface area contributed by atoms with Crippen molar-refractivity contribution in [1.29, 1.82) is 0 Å². The monoisotopic (exact) mass is 468 g/mol. The number of ketones is 4. The van der Waals surface area contributed by atoms with Gasteiger partial charge in [0, 0.05) is 12.2 Å². The van der Waals surface area contributed by atoms with Crippen LogP contribution in [0.15, 0.2) is 45.9 Å². The zero-order valence-electron chi connectivity index (χ0n) is 17.5. The first-order chi connectivity index (χ1) is 15.2. The molecule has 0 saturated carbocycles. The highest BCUT2D eigenvalue weighted by atomic mass is 33.1. The molecule has 0 aromatic carbocycles. The molecular formula is C22H16N2O6S2. The molecule has 0 N–H and O–H groups in total. The van der Waals surface area contributed by atoms with Gasteiger partial charge in [-0.25, -0.2) is 9.97 Å². The van der Waals surface area contributed by atoms with Gasteiger partial charge in [0.05, 0.1) is 25.3 Å². The molecule has 10 heteroatoms. The van der Waals surface area contributed by atoms with E-state index in [1.807, 2.05) is 0 Å². The van der Waals surface area contributed by atoms with E-state index in [-0.39, 0.29) is 45.6 Å². The fraction of sp³-hybridized carbons (Fsp3) is 0.182. The third-order valence-corrected chi connectivity index (χ3v) is 7.05. The molecule has 0 radical (unpaired) electrons. The summed E-state index contributed by atoms with van der Waals surface area (Å²) in [6, 6.07) is 3.40. The minimum absolute atomic E-state index is 0.0131. The Morgan fingerprint density at radius 2 is 1.06 bits per heavy atom. The Morgan fingerprint density at radius 3 is 1.41 bits per heavy atom. The highest BCUT2D eigenvalue weighted by molar-refractivity contribution is 8.76. The van der Waals surface area contributed by atoms with Crippen LogP contribution in [-0.2, 0) is 9.47 Å². The van der Waals surface area contributed by atoms with E-state index in [0.717, 1.165) is 12.2 Å². The molecule has 2 aromatic rings. The SMILES string of the molecule is COC1=CC(=O)c2nc(SSc3cc(C)c4c(n3)C(=O)C=C(OC)C4=O)cc(C)c2C1=O. The Labute approximate surface area is 190 Å². The van der Waals surface area contributed by atoms with Crippen LogP contribution in [0.2, 0.25) is 0 Å². The molecular weight excluding hydrogens is 452 g/mol. The van der Waals surface area contributed by atoms with Crippen molar-refractivity contribution in [3.63, 3.8) is 0 Å². The van der Waals surface area contributed by atoms with Gasteiger partial charge in [0.1, 0.15) is 21.4 Å². The van der Waals surface area contributed by atoms with Crippen molar-refractivity contribution < 1.29 is 28.7 Å². The number of methoxy groups -OCH3 is 2. The van der Waals surface area contributed by atoms with Gasteiger partial charge in [-0.1, -0.05) is 0 Å². The predicted molar refractivity (Wildman–Crippen MR) is 117 cm³/mol. The maximum absolute atomic E-state index is 12.5. The number of allylic oxidation sites excluding steroid dienone is 4. The van der Waals surface area contributed by atoms with Crippen LogP contribution in [-0.4, -0.2) is 47.3 Å². The molecule has 0 aliphatic heterocycles. The smallest absolute Gasteiger partial charge is 0.230 e. The van der Waals surface area contributed by atoms with E-state index in [1.54, 1.807) is 26.0 Å². The first-order valence-corrected chi connectivity index (χ1v) is 11.5. The number of aryl methyl sites for hydroxylation is 2. The number of ether oxygens (including phenoxy) is 2. The van der Waals surface area contributed by atoms with Gasteiger partial charge in [-0.05, 0) is 58.7 Å². The van der Waals surface area contributed by atoms with Crippen molar-refractivity contribution in [3.8, 4) is 0 Å². The third-order valence-electron chi connectivity index (χ3n) is 4.93. The van der Waals surface area contributed by atoms with E-state index >= 15 is 0 Å². The van der Waals surface area contributed by atoms with Gasteiger partial charge in [0.2, 0.25) is 23.1 Å². The predicted octanol–water partition coefficient (Wildman–Crippen LogP) is 3.71. The average molecular weight is 469 g/mol. The second kappa shape index (κ2) is 8.36. The average Bonchev–Trinajstić information content (AvgIpc) is 2.76. The van der Waals surface area contributed by atoms with Crippen molar-refractivity contribution in [1.82, 2.24) is 9.97 Å². The number of nitrogens with zero attached hydrogens (tertiary/aromatic N) is 2. The lowest BCUT2D eigenvalue weighted by molar-refractivity contribution is 0.0912. The molecule has 0 spiro atoms. The lowest BCUT2D eigenvalue weighted by atomic mass is 9.94. The first-order valence-electron chi connectivity index (χ1n) is 9.32. The molecule has 0 amide bonds. The molecule has 0 bridgehead atoms. The van der Waals surface area contributed by atoms with Gasteiger partial charge in [-0.2, -0.15) is 0 Å². The molecule has 0 fully saturated rings. The van der Waals surface area contributed by atoms with Crippen LogP contribution in [0.5, 0.6) is 0 Å². The Kier molecular flexibility index (Phi) is 5.74. The summed E-state index contributed by atoms with van der Waals surface area (Å²) < 4.78 is 9.98. The summed E-state index contributed by atoms with van der Waals surface area (Å²) in [7, 11) is 5.13. The Balaban J connectivity index is 1.62. The third kappa shape index (κ3) is 3.65. The molecule has 4 rings (SSSR count). The number of fused-ring (bicyclic) bond motifs is 2. The maximum atomic E-state index is 12.5. The minimum Gasteiger partial charge on any atom is -0.492 e. The zero-order chi connectivity index (χ0) is 23.2. The Morgan fingerprint density at radius 1 is 0.688 bits per heavy atom. The van der Waals surface area contributed by atoms with Crippen LogP contribution in [0.1, 0.15) is 52.8 Å². The highest BCUT2D eigenvalue weighted by Crippen LogP contribution is 2.39. The number of hydrogen-bond donors (Lipinski definition) is 0. The van der Waals surface area contributed by atoms with Crippen LogP contribution >= 0.6 is 21.6 Å². The van der Waals surface area contributed by atoms with E-state index in [9.17, 15) is 19.2 Å². The van der Waals surface area contributed by atoms with Crippen LogP contribution in [0, 0.1) is 13.8 Å². The quantitative estimate of drug-likeness (QED) is 0.602. The summed E-state index contributed by atoms with van der Waals surface area (Å²) >= 11 is 0. The summed E-state index contributed by atoms with van der Waals surface area (Å²) in [6.07, 6.45) is 2.27. The fourth-order valence-electron chi connectivity index (χ4n) is 3.44. The highest BCUT2D eigenvalue weighted by Gasteiger charge is 2.31. The van der Waals surface area contributed by atoms with Gasteiger partial charge < -0.3 is 9.47 Å². The van der Waals surface area contributed by atoms with E-state index in [2.05, 4.69) is 9.97 Å². The molecule has 2 heterocycles. The van der Waals surface area contributed by atoms with Crippen LogP contribution in [0.4, 0.5) is 0 Å². The van der Waals surface area contributed by atoms with Crippen molar-refractivity contribution in [3.05, 3.63) is 69.4 Å². The Bertz CT molecular complexity index is 1200. The number of rotatable bonds is 5. The van der Waals surface area contributed by atoms with Crippen molar-refractivity contribution >= 4 is 44.7 Å². The van der Waals surface area contributed by atoms with Gasteiger partial charge in [0.25, 0.3) is 0 Å². The molecule has 8 nitrogen and oxygen atoms in total. The fourth-order valence-corrected chi connectivity index (χ4v) is 5.34. The summed E-state index contributed by atoms with van der Waals surface area (Å²) in [6.45, 7) is 3.45. The van der Waals surface area contributed by atoms with E-state index in [1.165, 1.54) is 35.8 Å². The van der Waals surface area contributed by atoms with Gasteiger partial charge in [0.15, 0.2) is 11.5 Å². The molecule has 0 atom stereocenters. The standard InChI is InChI=1S/C22H16N2O6S2/c1-9-5-15(23-19-11(25)7-13(29-3)21(27)17(9)19)31-32-16-6-10(2)18-20(24-16)12(26)8-14(30-4)22(18)28/h5-8H,1-4H3. The first kappa shape index (κ1) is 22.0. The lowest BCUT2D eigenvalue weighted by Gasteiger charge is -2.17. The van der Waals surface area contributed by atoms with Gasteiger partial charge >= 0.3 is 0 Å². The number of Topliss-reactive ketones (excluding diaryl/α,β-unsaturated/α-hetero) is 2. The molecule has 2 aromatic heterocycles. The maximum Gasteiger partial charge on any atom is 0.230 e. The number of carbonyl (C=O) groups is 4. The molecule has 162 valence electrons. The summed E-state index contributed by atoms with van der Waals surface area (Å²) in [5, 5.41) is 1.01. The van der Waals surface area contributed by atoms with Gasteiger partial charge in [-0.15, -0.1) is 0 Å². The van der Waals surface area contributed by atoms with Crippen LogP contribution < -0.4 is 0 Å². The zero-order valence-corrected chi connectivity index (χ0v) is 19.1. The number of carbonyl (C=O) groups excluding carboxylic acids is 4. The molecule has 2 aliphatic rings. The molecule has 0 saturated heterocycles. The van der Waals surface area contributed by atoms with Crippen molar-refractivity contribution in [2.24, 2.45) is 0 Å². The molecule has 0 unspecified atom stereocenters. The summed E-state index contributed by atoms with van der Waals surface area (Å²) in [5.41, 5.74) is 1.82. The number of pyridine rings is 2. The van der Waals surface area contributed by atoms with E-state index in [0.29, 0.717) is 21.2 Å². The van der Waals surface area contributed by atoms with Crippen LogP contribution in [0.3, 0.4) is 0 Å². The second-order valence-corrected chi connectivity index (χ2v) is 9.15. The number of aromatic nitrogens is 2. The normalized spacial score (nSPS) is 15.1. The van der Waals surface area contributed by atoms with Crippen molar-refractivity contribution in [2.45, 2.75) is 23.9 Å². The van der Waals surface area contributed by atoms with E-state index in [4.69, 9.17) is 9.47 Å².